The maximum Gasteiger partial charge on any atom is 0.425 e. The zero-order chi connectivity index (χ0) is 30.1. The summed E-state index contributed by atoms with van der Waals surface area (Å²) in [6.07, 6.45) is 3.10. The van der Waals surface area contributed by atoms with E-state index in [9.17, 15) is 9.59 Å². The molecule has 0 saturated carbocycles. The van der Waals surface area contributed by atoms with Crippen LogP contribution in [0.3, 0.4) is 0 Å². The average Bonchev–Trinajstić information content (AvgIpc) is 3.51. The van der Waals surface area contributed by atoms with Crippen LogP contribution in [0.15, 0.2) is 104 Å². The van der Waals surface area contributed by atoms with Gasteiger partial charge in [0.1, 0.15) is 11.6 Å². The molecule has 214 valence electrons. The number of nitrogens with one attached hydrogen (secondary N) is 1. The molecular weight excluding hydrogens is 570 g/mol. The number of oxazole rings is 2. The fourth-order valence-corrected chi connectivity index (χ4v) is 4.73. The molecule has 0 unspecified atom stereocenters. The fraction of sp³-hybridized carbons (Fsp3) is 0.0968. The topological polar surface area (TPSA) is 134 Å². The van der Waals surface area contributed by atoms with E-state index < -0.39 is 11.5 Å². The van der Waals surface area contributed by atoms with Crippen molar-refractivity contribution in [2.75, 3.05) is 5.32 Å². The Morgan fingerprint density at radius 3 is 1.77 bits per heavy atom. The number of nitrogens with zero attached hydrogens (tertiary/aromatic N) is 6. The van der Waals surface area contributed by atoms with Gasteiger partial charge in [-0.3, -0.25) is 0 Å². The highest BCUT2D eigenvalue weighted by Crippen LogP contribution is 2.22. The Bertz CT molecular complexity index is 2210. The van der Waals surface area contributed by atoms with Crippen molar-refractivity contribution in [2.24, 2.45) is 0 Å². The van der Waals surface area contributed by atoms with Gasteiger partial charge in [-0.15, -0.1) is 0 Å². The van der Waals surface area contributed by atoms with Crippen molar-refractivity contribution in [3.8, 4) is 11.6 Å². The highest BCUT2D eigenvalue weighted by molar-refractivity contribution is 6.28. The van der Waals surface area contributed by atoms with E-state index in [1.807, 2.05) is 24.3 Å². The molecule has 0 radical (unpaired) electrons. The second-order valence-corrected chi connectivity index (χ2v) is 9.96. The van der Waals surface area contributed by atoms with Crippen molar-refractivity contribution in [3.05, 3.63) is 128 Å². The lowest BCUT2D eigenvalue weighted by Gasteiger charge is -2.11. The first kappa shape index (κ1) is 27.6. The highest BCUT2D eigenvalue weighted by Gasteiger charge is 2.13. The molecule has 12 heteroatoms. The molecule has 0 saturated heterocycles. The Kier molecular flexibility index (Phi) is 7.31. The molecule has 0 fully saturated rings. The minimum Gasteiger partial charge on any atom is -0.407 e. The molecule has 3 aromatic carbocycles. The van der Waals surface area contributed by atoms with Gasteiger partial charge >= 0.3 is 11.5 Å². The Labute approximate surface area is 249 Å². The van der Waals surface area contributed by atoms with Gasteiger partial charge in [-0.1, -0.05) is 24.3 Å². The summed E-state index contributed by atoms with van der Waals surface area (Å²) in [6.45, 7) is 6.24. The third-order valence-electron chi connectivity index (χ3n) is 6.87. The summed E-state index contributed by atoms with van der Waals surface area (Å²) in [5.74, 6) is 0.291. The normalized spacial score (nSPS) is 11.0. The molecule has 4 aromatic heterocycles. The van der Waals surface area contributed by atoms with Crippen LogP contribution in [0.5, 0.6) is 0 Å². The molecule has 4 heterocycles. The van der Waals surface area contributed by atoms with Crippen LogP contribution in [-0.2, 0) is 0 Å². The van der Waals surface area contributed by atoms with Crippen molar-refractivity contribution in [1.82, 2.24) is 29.1 Å². The first-order chi connectivity index (χ1) is 20.8. The van der Waals surface area contributed by atoms with E-state index in [0.29, 0.717) is 39.8 Å². The number of rotatable bonds is 4. The summed E-state index contributed by atoms with van der Waals surface area (Å²) < 4.78 is 13.2. The van der Waals surface area contributed by atoms with Crippen molar-refractivity contribution in [1.29, 1.82) is 0 Å². The average molecular weight is 594 g/mol. The highest BCUT2D eigenvalue weighted by atomic mass is 35.5. The largest absolute Gasteiger partial charge is 0.425 e. The monoisotopic (exact) mass is 593 g/mol. The molecule has 0 aliphatic carbocycles. The van der Waals surface area contributed by atoms with Gasteiger partial charge < -0.3 is 14.2 Å². The second-order valence-electron chi connectivity index (χ2n) is 9.62. The van der Waals surface area contributed by atoms with Crippen molar-refractivity contribution in [3.63, 3.8) is 0 Å². The lowest BCUT2D eigenvalue weighted by Crippen LogP contribution is -2.14. The van der Waals surface area contributed by atoms with Gasteiger partial charge in [0.15, 0.2) is 11.2 Å². The molecular formula is C31H24ClN7O4. The predicted octanol–water partition coefficient (Wildman–Crippen LogP) is 6.07. The maximum absolute atomic E-state index is 12.3. The molecule has 11 nitrogen and oxygen atoms in total. The summed E-state index contributed by atoms with van der Waals surface area (Å²) >= 11 is 5.70. The van der Waals surface area contributed by atoms with Crippen LogP contribution in [0.2, 0.25) is 5.28 Å². The third kappa shape index (κ3) is 5.53. The zero-order valence-corrected chi connectivity index (χ0v) is 24.0. The lowest BCUT2D eigenvalue weighted by molar-refractivity contribution is 0.538. The first-order valence-corrected chi connectivity index (χ1v) is 13.5. The first-order valence-electron chi connectivity index (χ1n) is 13.2. The zero-order valence-electron chi connectivity index (χ0n) is 23.3. The molecule has 0 spiro atoms. The van der Waals surface area contributed by atoms with Gasteiger partial charge in [0.25, 0.3) is 0 Å². The minimum atomic E-state index is -0.499. The molecule has 0 aliphatic heterocycles. The number of aryl methyl sites for hydroxylation is 2. The van der Waals surface area contributed by atoms with E-state index in [1.165, 1.54) is 32.0 Å². The number of hydrogen-bond donors (Lipinski definition) is 1. The fourth-order valence-electron chi connectivity index (χ4n) is 4.59. The third-order valence-corrected chi connectivity index (χ3v) is 7.05. The number of para-hydroxylation sites is 4. The van der Waals surface area contributed by atoms with Crippen LogP contribution in [0.1, 0.15) is 16.7 Å². The number of hydrogen-bond acceptors (Lipinski definition) is 9. The minimum absolute atomic E-state index is 0.0830. The lowest BCUT2D eigenvalue weighted by atomic mass is 10.0. The van der Waals surface area contributed by atoms with Gasteiger partial charge in [-0.2, -0.15) is 9.97 Å². The number of benzene rings is 3. The molecule has 43 heavy (non-hydrogen) atoms. The Morgan fingerprint density at radius 2 is 1.21 bits per heavy atom. The van der Waals surface area contributed by atoms with Gasteiger partial charge in [0.05, 0.1) is 11.0 Å². The summed E-state index contributed by atoms with van der Waals surface area (Å²) in [4.78, 5) is 40.5. The van der Waals surface area contributed by atoms with Crippen molar-refractivity contribution < 1.29 is 8.83 Å². The van der Waals surface area contributed by atoms with Gasteiger partial charge in [-0.25, -0.2) is 28.7 Å². The molecule has 0 atom stereocenters. The molecule has 7 rings (SSSR count). The number of halogens is 1. The second kappa shape index (κ2) is 11.4. The molecule has 0 bridgehead atoms. The van der Waals surface area contributed by atoms with Crippen molar-refractivity contribution >= 4 is 45.4 Å². The Hall–Kier alpha value is -5.55. The Morgan fingerprint density at radius 1 is 0.698 bits per heavy atom. The van der Waals surface area contributed by atoms with Crippen molar-refractivity contribution in [2.45, 2.75) is 20.8 Å². The van der Waals surface area contributed by atoms with Crippen LogP contribution in [0.25, 0.3) is 33.8 Å². The smallest absolute Gasteiger partial charge is 0.407 e. The quantitative estimate of drug-likeness (QED) is 0.241. The SMILES string of the molecule is Cc1cc(Nc2nccc(-n3c(=O)oc4ccccc43)n2)cc(C)c1C.O=c1oc2ccccc2n1-c1ccnc(Cl)n1. The molecule has 1 N–H and O–H groups in total. The standard InChI is InChI=1S/C20H18N4O2.C11H6ClN3O2/c1-12-10-15(11-13(2)14(12)3)22-19-21-9-8-18(23-19)24-16-6-4-5-7-17(16)26-20(24)25;12-10-13-6-5-9(14-10)15-7-3-1-2-4-8(7)17-11(15)16/h4-11H,1-3H3,(H,21,22,23);1-6H. The summed E-state index contributed by atoms with van der Waals surface area (Å²) in [6, 6.07) is 21.7. The maximum atomic E-state index is 12.3. The number of anilines is 2. The summed E-state index contributed by atoms with van der Waals surface area (Å²) in [5.41, 5.74) is 6.91. The van der Waals surface area contributed by atoms with E-state index in [1.54, 1.807) is 42.6 Å². The number of aromatic nitrogens is 6. The van der Waals surface area contributed by atoms with E-state index >= 15 is 0 Å². The van der Waals surface area contributed by atoms with Crippen LogP contribution < -0.4 is 16.8 Å². The van der Waals surface area contributed by atoms with E-state index in [-0.39, 0.29) is 5.28 Å². The van der Waals surface area contributed by atoms with E-state index in [0.717, 1.165) is 5.69 Å². The van der Waals surface area contributed by atoms with Crippen LogP contribution in [-0.4, -0.2) is 29.1 Å². The van der Waals surface area contributed by atoms with E-state index in [2.05, 4.69) is 58.2 Å². The molecule has 0 amide bonds. The summed E-state index contributed by atoms with van der Waals surface area (Å²) in [5, 5.41) is 3.30. The van der Waals surface area contributed by atoms with Gasteiger partial charge in [0.2, 0.25) is 11.2 Å². The van der Waals surface area contributed by atoms with Gasteiger partial charge in [-0.05, 0) is 85.5 Å². The molecule has 7 aromatic rings. The Balaban J connectivity index is 0.000000167. The van der Waals surface area contributed by atoms with Crippen LogP contribution >= 0.6 is 11.6 Å². The summed E-state index contributed by atoms with van der Waals surface area (Å²) in [7, 11) is 0. The molecule has 0 aliphatic rings. The van der Waals surface area contributed by atoms with Crippen LogP contribution in [0, 0.1) is 20.8 Å². The van der Waals surface area contributed by atoms with Crippen LogP contribution in [0.4, 0.5) is 11.6 Å². The van der Waals surface area contributed by atoms with E-state index in [4.69, 9.17) is 20.4 Å². The number of fused-ring (bicyclic) bond motifs is 2. The predicted molar refractivity (Wildman–Crippen MR) is 164 cm³/mol. The van der Waals surface area contributed by atoms with Gasteiger partial charge in [0, 0.05) is 30.2 Å².